The molecule has 1 amide bonds. The van der Waals surface area contributed by atoms with Crippen LogP contribution in [0.25, 0.3) is 17.2 Å². The van der Waals surface area contributed by atoms with Gasteiger partial charge in [-0.1, -0.05) is 37.1 Å². The Kier molecular flexibility index (Phi) is 5.07. The second kappa shape index (κ2) is 8.01. The standard InChI is InChI=1S/C24H27N5O/c1-17-21(23(30)28-13-6-2-3-7-14-28)16-26-29(17)24-25-15-19-11-8-10-18-9-4-5-12-20(18)22(19)27-24/h4-5,9,12,15-16H,2-3,6-8,10-11,13-14H2,1H3. The number of aromatic nitrogens is 4. The Labute approximate surface area is 177 Å². The summed E-state index contributed by atoms with van der Waals surface area (Å²) in [6.07, 6.45) is 11.3. The highest BCUT2D eigenvalue weighted by Crippen LogP contribution is 2.31. The summed E-state index contributed by atoms with van der Waals surface area (Å²) in [5.74, 6) is 0.596. The highest BCUT2D eigenvalue weighted by Gasteiger charge is 2.23. The Balaban J connectivity index is 1.51. The molecule has 3 aromatic rings. The fraction of sp³-hybridized carbons (Fsp3) is 0.417. The maximum Gasteiger partial charge on any atom is 0.257 e. The van der Waals surface area contributed by atoms with Crippen molar-refractivity contribution in [1.82, 2.24) is 24.6 Å². The molecule has 154 valence electrons. The van der Waals surface area contributed by atoms with Crippen molar-refractivity contribution < 1.29 is 4.79 Å². The van der Waals surface area contributed by atoms with Gasteiger partial charge in [0.15, 0.2) is 0 Å². The normalized spacial score (nSPS) is 16.4. The van der Waals surface area contributed by atoms with Crippen LogP contribution in [0, 0.1) is 6.92 Å². The van der Waals surface area contributed by atoms with Crippen LogP contribution in [-0.4, -0.2) is 43.6 Å². The molecule has 5 rings (SSSR count). The lowest BCUT2D eigenvalue weighted by Crippen LogP contribution is -2.32. The number of hydrogen-bond donors (Lipinski definition) is 0. The smallest absolute Gasteiger partial charge is 0.257 e. The highest BCUT2D eigenvalue weighted by molar-refractivity contribution is 5.95. The minimum atomic E-state index is 0.0701. The van der Waals surface area contributed by atoms with Gasteiger partial charge >= 0.3 is 0 Å². The van der Waals surface area contributed by atoms with Gasteiger partial charge in [0.2, 0.25) is 0 Å². The second-order valence-corrected chi connectivity index (χ2v) is 8.32. The Morgan fingerprint density at radius 3 is 2.53 bits per heavy atom. The van der Waals surface area contributed by atoms with E-state index in [2.05, 4.69) is 34.3 Å². The lowest BCUT2D eigenvalue weighted by atomic mass is 10.0. The van der Waals surface area contributed by atoms with E-state index in [1.807, 2.05) is 18.0 Å². The van der Waals surface area contributed by atoms with Gasteiger partial charge in [-0.3, -0.25) is 4.79 Å². The Hall–Kier alpha value is -3.02. The first-order valence-corrected chi connectivity index (χ1v) is 11.0. The first-order valence-electron chi connectivity index (χ1n) is 11.0. The van der Waals surface area contributed by atoms with E-state index in [9.17, 15) is 4.79 Å². The van der Waals surface area contributed by atoms with Crippen molar-refractivity contribution in [2.24, 2.45) is 0 Å². The van der Waals surface area contributed by atoms with Gasteiger partial charge in [0.1, 0.15) is 0 Å². The third-order valence-electron chi connectivity index (χ3n) is 6.34. The van der Waals surface area contributed by atoms with Crippen LogP contribution in [0.4, 0.5) is 0 Å². The van der Waals surface area contributed by atoms with Gasteiger partial charge in [-0.25, -0.2) is 14.6 Å². The van der Waals surface area contributed by atoms with Gasteiger partial charge in [0.25, 0.3) is 11.9 Å². The second-order valence-electron chi connectivity index (χ2n) is 8.32. The molecule has 2 aliphatic rings. The van der Waals surface area contributed by atoms with Crippen LogP contribution in [0.1, 0.15) is 59.3 Å². The molecule has 1 aromatic carbocycles. The van der Waals surface area contributed by atoms with E-state index in [0.29, 0.717) is 11.5 Å². The number of likely N-dealkylation sites (tertiary alicyclic amines) is 1. The number of rotatable bonds is 2. The summed E-state index contributed by atoms with van der Waals surface area (Å²) in [6.45, 7) is 3.59. The summed E-state index contributed by atoms with van der Waals surface area (Å²) < 4.78 is 1.71. The lowest BCUT2D eigenvalue weighted by Gasteiger charge is -2.19. The quantitative estimate of drug-likeness (QED) is 0.647. The van der Waals surface area contributed by atoms with Gasteiger partial charge in [-0.15, -0.1) is 0 Å². The SMILES string of the molecule is Cc1c(C(=O)N2CCCCCC2)cnn1-c1ncc2c(n1)-c1ccccc1CCC2. The molecule has 6 heteroatoms. The zero-order chi connectivity index (χ0) is 20.5. The number of benzene rings is 1. The molecule has 0 spiro atoms. The summed E-state index contributed by atoms with van der Waals surface area (Å²) in [7, 11) is 0. The van der Waals surface area contributed by atoms with Gasteiger partial charge in [0, 0.05) is 24.8 Å². The Morgan fingerprint density at radius 1 is 0.933 bits per heavy atom. The molecule has 0 atom stereocenters. The van der Waals surface area contributed by atoms with Gasteiger partial charge < -0.3 is 4.90 Å². The molecule has 0 bridgehead atoms. The summed E-state index contributed by atoms with van der Waals surface area (Å²) in [4.78, 5) is 24.6. The lowest BCUT2D eigenvalue weighted by molar-refractivity contribution is 0.0761. The Bertz CT molecular complexity index is 1080. The number of nitrogens with zero attached hydrogens (tertiary/aromatic N) is 5. The summed E-state index contributed by atoms with van der Waals surface area (Å²) in [5.41, 5.74) is 6.12. The molecule has 1 saturated heterocycles. The zero-order valence-electron chi connectivity index (χ0n) is 17.5. The molecule has 1 aliphatic heterocycles. The maximum atomic E-state index is 13.1. The monoisotopic (exact) mass is 401 g/mol. The maximum absolute atomic E-state index is 13.1. The van der Waals surface area contributed by atoms with Crippen molar-refractivity contribution in [2.45, 2.75) is 51.9 Å². The van der Waals surface area contributed by atoms with E-state index < -0.39 is 0 Å². The predicted molar refractivity (Wildman–Crippen MR) is 116 cm³/mol. The first-order chi connectivity index (χ1) is 14.7. The molecule has 2 aromatic heterocycles. The van der Waals surface area contributed by atoms with E-state index in [-0.39, 0.29) is 5.91 Å². The van der Waals surface area contributed by atoms with Crippen LogP contribution in [0.2, 0.25) is 0 Å². The third kappa shape index (κ3) is 3.40. The molecule has 0 unspecified atom stereocenters. The predicted octanol–water partition coefficient (Wildman–Crippen LogP) is 4.14. The van der Waals surface area contributed by atoms with Crippen LogP contribution in [-0.2, 0) is 12.8 Å². The van der Waals surface area contributed by atoms with Crippen molar-refractivity contribution in [3.63, 3.8) is 0 Å². The van der Waals surface area contributed by atoms with Crippen LogP contribution in [0.15, 0.2) is 36.7 Å². The average molecular weight is 402 g/mol. The molecule has 0 N–H and O–H groups in total. The largest absolute Gasteiger partial charge is 0.339 e. The summed E-state index contributed by atoms with van der Waals surface area (Å²) in [5, 5.41) is 4.50. The number of fused-ring (bicyclic) bond motifs is 3. The minimum absolute atomic E-state index is 0.0701. The third-order valence-corrected chi connectivity index (χ3v) is 6.34. The molecular formula is C24H27N5O. The van der Waals surface area contributed by atoms with Gasteiger partial charge in [-0.05, 0) is 50.2 Å². The van der Waals surface area contributed by atoms with E-state index in [0.717, 1.165) is 56.6 Å². The number of hydrogen-bond acceptors (Lipinski definition) is 4. The van der Waals surface area contributed by atoms with Crippen molar-refractivity contribution in [1.29, 1.82) is 0 Å². The first kappa shape index (κ1) is 19.0. The van der Waals surface area contributed by atoms with E-state index in [4.69, 9.17) is 4.98 Å². The number of amides is 1. The van der Waals surface area contributed by atoms with E-state index >= 15 is 0 Å². The van der Waals surface area contributed by atoms with Gasteiger partial charge in [0.05, 0.1) is 23.1 Å². The minimum Gasteiger partial charge on any atom is -0.339 e. The van der Waals surface area contributed by atoms with Crippen molar-refractivity contribution >= 4 is 5.91 Å². The molecule has 30 heavy (non-hydrogen) atoms. The van der Waals surface area contributed by atoms with Crippen LogP contribution in [0.3, 0.4) is 0 Å². The van der Waals surface area contributed by atoms with Crippen molar-refractivity contribution in [3.05, 3.63) is 59.0 Å². The van der Waals surface area contributed by atoms with Crippen molar-refractivity contribution in [2.75, 3.05) is 13.1 Å². The number of carbonyl (C=O) groups is 1. The van der Waals surface area contributed by atoms with Gasteiger partial charge in [-0.2, -0.15) is 5.10 Å². The fourth-order valence-corrected chi connectivity index (χ4v) is 4.62. The molecule has 0 saturated carbocycles. The molecular weight excluding hydrogens is 374 g/mol. The molecule has 3 heterocycles. The fourth-order valence-electron chi connectivity index (χ4n) is 4.62. The molecule has 0 radical (unpaired) electrons. The molecule has 1 aliphatic carbocycles. The number of aryl methyl sites for hydroxylation is 2. The van der Waals surface area contributed by atoms with E-state index in [1.54, 1.807) is 10.9 Å². The highest BCUT2D eigenvalue weighted by atomic mass is 16.2. The van der Waals surface area contributed by atoms with Crippen molar-refractivity contribution in [3.8, 4) is 17.2 Å². The summed E-state index contributed by atoms with van der Waals surface area (Å²) in [6, 6.07) is 8.47. The van der Waals surface area contributed by atoms with Crippen LogP contribution in [0.5, 0.6) is 0 Å². The topological polar surface area (TPSA) is 63.9 Å². The van der Waals surface area contributed by atoms with E-state index in [1.165, 1.54) is 29.5 Å². The zero-order valence-corrected chi connectivity index (χ0v) is 17.5. The Morgan fingerprint density at radius 2 is 1.70 bits per heavy atom. The molecule has 1 fully saturated rings. The average Bonchev–Trinajstić information content (AvgIpc) is 2.95. The number of carbonyl (C=O) groups excluding carboxylic acids is 1. The van der Waals surface area contributed by atoms with Crippen LogP contribution >= 0.6 is 0 Å². The molecule has 6 nitrogen and oxygen atoms in total. The summed E-state index contributed by atoms with van der Waals surface area (Å²) >= 11 is 0. The van der Waals surface area contributed by atoms with Crippen LogP contribution < -0.4 is 0 Å².